The molecule has 0 radical (unpaired) electrons. The number of ether oxygens (including phenoxy) is 1. The van der Waals surface area contributed by atoms with Crippen molar-refractivity contribution in [1.29, 1.82) is 0 Å². The van der Waals surface area contributed by atoms with Crippen molar-refractivity contribution in [2.45, 2.75) is 26.3 Å². The molecule has 112 valence electrons. The number of nitrogens with zero attached hydrogens (tertiary/aromatic N) is 2. The van der Waals surface area contributed by atoms with Crippen molar-refractivity contribution in [3.63, 3.8) is 0 Å². The first kappa shape index (κ1) is 14.1. The zero-order chi connectivity index (χ0) is 14.0. The number of hydrogen-bond acceptors (Lipinski definition) is 4. The third-order valence-electron chi connectivity index (χ3n) is 4.55. The summed E-state index contributed by atoms with van der Waals surface area (Å²) in [5, 5.41) is 0. The van der Waals surface area contributed by atoms with Gasteiger partial charge in [0, 0.05) is 25.0 Å². The fraction of sp³-hybridized carbons (Fsp3) is 0.750. The number of furan rings is 1. The second kappa shape index (κ2) is 5.88. The van der Waals surface area contributed by atoms with E-state index < -0.39 is 0 Å². The fourth-order valence-corrected chi connectivity index (χ4v) is 3.69. The number of likely N-dealkylation sites (N-methyl/N-ethyl adjacent to an activating group) is 1. The van der Waals surface area contributed by atoms with E-state index in [1.54, 1.807) is 0 Å². The molecule has 0 bridgehead atoms. The van der Waals surface area contributed by atoms with E-state index in [1.165, 1.54) is 19.4 Å². The van der Waals surface area contributed by atoms with Crippen LogP contribution in [-0.2, 0) is 11.3 Å². The average molecular weight is 278 g/mol. The first-order valence-electron chi connectivity index (χ1n) is 7.69. The van der Waals surface area contributed by atoms with Crippen LogP contribution in [0.25, 0.3) is 0 Å². The average Bonchev–Trinajstić information content (AvgIpc) is 2.72. The molecular formula is C16H26N2O2. The molecule has 3 rings (SSSR count). The van der Waals surface area contributed by atoms with E-state index in [-0.39, 0.29) is 0 Å². The van der Waals surface area contributed by atoms with Gasteiger partial charge in [-0.2, -0.15) is 0 Å². The normalized spacial score (nSPS) is 29.7. The van der Waals surface area contributed by atoms with Gasteiger partial charge in [0.05, 0.1) is 19.8 Å². The molecule has 3 heterocycles. The van der Waals surface area contributed by atoms with Crippen LogP contribution >= 0.6 is 0 Å². The van der Waals surface area contributed by atoms with Crippen molar-refractivity contribution in [2.75, 3.05) is 46.4 Å². The molecular weight excluding hydrogens is 252 g/mol. The third kappa shape index (κ3) is 3.25. The lowest BCUT2D eigenvalue weighted by Crippen LogP contribution is -2.49. The van der Waals surface area contributed by atoms with Crippen molar-refractivity contribution in [3.8, 4) is 0 Å². The summed E-state index contributed by atoms with van der Waals surface area (Å²) in [4.78, 5) is 4.96. The molecule has 2 fully saturated rings. The predicted molar refractivity (Wildman–Crippen MR) is 78.7 cm³/mol. The first-order valence-corrected chi connectivity index (χ1v) is 7.69. The van der Waals surface area contributed by atoms with E-state index >= 15 is 0 Å². The van der Waals surface area contributed by atoms with E-state index in [4.69, 9.17) is 9.15 Å². The van der Waals surface area contributed by atoms with Crippen molar-refractivity contribution in [1.82, 2.24) is 9.80 Å². The highest BCUT2D eigenvalue weighted by molar-refractivity contribution is 5.06. The maximum atomic E-state index is 5.87. The highest BCUT2D eigenvalue weighted by Gasteiger charge is 2.38. The predicted octanol–water partition coefficient (Wildman–Crippen LogP) is 2.13. The zero-order valence-corrected chi connectivity index (χ0v) is 12.7. The Morgan fingerprint density at radius 2 is 2.15 bits per heavy atom. The van der Waals surface area contributed by atoms with Crippen LogP contribution in [0.3, 0.4) is 0 Å². The standard InChI is InChI=1S/C16H26N2O2/c1-14-4-5-15(20-14)10-18-7-3-6-16(12-18)11-17(2)8-9-19-13-16/h4-5H,3,6-13H2,1-2H3. The number of piperidine rings is 1. The summed E-state index contributed by atoms with van der Waals surface area (Å²) < 4.78 is 11.6. The van der Waals surface area contributed by atoms with Crippen LogP contribution in [0.4, 0.5) is 0 Å². The van der Waals surface area contributed by atoms with Gasteiger partial charge >= 0.3 is 0 Å². The molecule has 4 heteroatoms. The maximum absolute atomic E-state index is 5.87. The van der Waals surface area contributed by atoms with Crippen molar-refractivity contribution < 1.29 is 9.15 Å². The number of hydrogen-bond donors (Lipinski definition) is 0. The Morgan fingerprint density at radius 1 is 1.25 bits per heavy atom. The summed E-state index contributed by atoms with van der Waals surface area (Å²) in [6.07, 6.45) is 2.54. The molecule has 0 N–H and O–H groups in total. The van der Waals surface area contributed by atoms with Gasteiger partial charge in [0.2, 0.25) is 0 Å². The van der Waals surface area contributed by atoms with E-state index in [2.05, 4.69) is 29.0 Å². The van der Waals surface area contributed by atoms with Gasteiger partial charge in [0.15, 0.2) is 0 Å². The first-order chi connectivity index (χ1) is 9.65. The highest BCUT2D eigenvalue weighted by atomic mass is 16.5. The highest BCUT2D eigenvalue weighted by Crippen LogP contribution is 2.33. The molecule has 2 aliphatic rings. The lowest BCUT2D eigenvalue weighted by Gasteiger charge is -2.43. The topological polar surface area (TPSA) is 28.9 Å². The van der Waals surface area contributed by atoms with E-state index in [0.29, 0.717) is 5.41 Å². The summed E-state index contributed by atoms with van der Waals surface area (Å²) >= 11 is 0. The second-order valence-corrected chi connectivity index (χ2v) is 6.62. The Morgan fingerprint density at radius 3 is 2.95 bits per heavy atom. The molecule has 2 aliphatic heterocycles. The molecule has 1 unspecified atom stereocenters. The molecule has 0 aliphatic carbocycles. The Balaban J connectivity index is 1.66. The van der Waals surface area contributed by atoms with Crippen LogP contribution in [0, 0.1) is 12.3 Å². The lowest BCUT2D eigenvalue weighted by molar-refractivity contribution is 0.00258. The van der Waals surface area contributed by atoms with E-state index in [9.17, 15) is 0 Å². The monoisotopic (exact) mass is 278 g/mol. The molecule has 1 spiro atoms. The largest absolute Gasteiger partial charge is 0.465 e. The Hall–Kier alpha value is -0.840. The summed E-state index contributed by atoms with van der Waals surface area (Å²) in [6, 6.07) is 4.16. The maximum Gasteiger partial charge on any atom is 0.118 e. The van der Waals surface area contributed by atoms with Gasteiger partial charge in [-0.3, -0.25) is 4.90 Å². The van der Waals surface area contributed by atoms with Gasteiger partial charge in [-0.05, 0) is 45.5 Å². The number of aryl methyl sites for hydroxylation is 1. The van der Waals surface area contributed by atoms with Gasteiger partial charge < -0.3 is 14.1 Å². The minimum atomic E-state index is 0.311. The van der Waals surface area contributed by atoms with Gasteiger partial charge in [-0.25, -0.2) is 0 Å². The van der Waals surface area contributed by atoms with Crippen LogP contribution in [0.15, 0.2) is 16.5 Å². The summed E-state index contributed by atoms with van der Waals surface area (Å²) in [5.41, 5.74) is 0.311. The molecule has 1 aromatic rings. The van der Waals surface area contributed by atoms with Gasteiger partial charge in [-0.15, -0.1) is 0 Å². The summed E-state index contributed by atoms with van der Waals surface area (Å²) in [6.45, 7) is 9.22. The van der Waals surface area contributed by atoms with Gasteiger partial charge in [0.25, 0.3) is 0 Å². The molecule has 0 aromatic carbocycles. The van der Waals surface area contributed by atoms with Crippen molar-refractivity contribution >= 4 is 0 Å². The molecule has 1 aromatic heterocycles. The van der Waals surface area contributed by atoms with E-state index in [1.807, 2.05) is 6.92 Å². The molecule has 0 amide bonds. The van der Waals surface area contributed by atoms with Crippen LogP contribution in [-0.4, -0.2) is 56.2 Å². The SMILES string of the molecule is Cc1ccc(CN2CCCC3(COCCN(C)C3)C2)o1. The molecule has 2 saturated heterocycles. The third-order valence-corrected chi connectivity index (χ3v) is 4.55. The number of rotatable bonds is 2. The minimum absolute atomic E-state index is 0.311. The quantitative estimate of drug-likeness (QED) is 0.829. The van der Waals surface area contributed by atoms with E-state index in [0.717, 1.165) is 50.9 Å². The minimum Gasteiger partial charge on any atom is -0.465 e. The lowest BCUT2D eigenvalue weighted by atomic mass is 9.80. The van der Waals surface area contributed by atoms with Gasteiger partial charge in [-0.1, -0.05) is 0 Å². The van der Waals surface area contributed by atoms with Crippen LogP contribution in [0.2, 0.25) is 0 Å². The molecule has 0 saturated carbocycles. The zero-order valence-electron chi connectivity index (χ0n) is 12.7. The van der Waals surface area contributed by atoms with Crippen molar-refractivity contribution in [2.24, 2.45) is 5.41 Å². The molecule has 1 atom stereocenters. The fourth-order valence-electron chi connectivity index (χ4n) is 3.69. The van der Waals surface area contributed by atoms with Crippen LogP contribution < -0.4 is 0 Å². The van der Waals surface area contributed by atoms with Crippen molar-refractivity contribution in [3.05, 3.63) is 23.7 Å². The van der Waals surface area contributed by atoms with Crippen LogP contribution in [0.5, 0.6) is 0 Å². The molecule has 20 heavy (non-hydrogen) atoms. The van der Waals surface area contributed by atoms with Gasteiger partial charge in [0.1, 0.15) is 11.5 Å². The summed E-state index contributed by atoms with van der Waals surface area (Å²) in [5.74, 6) is 2.09. The Kier molecular flexibility index (Phi) is 4.15. The summed E-state index contributed by atoms with van der Waals surface area (Å²) in [7, 11) is 2.21. The number of likely N-dealkylation sites (tertiary alicyclic amines) is 1. The Labute approximate surface area is 121 Å². The van der Waals surface area contributed by atoms with Crippen LogP contribution in [0.1, 0.15) is 24.4 Å². The Bertz CT molecular complexity index is 445. The second-order valence-electron chi connectivity index (χ2n) is 6.62. The molecule has 4 nitrogen and oxygen atoms in total. The smallest absolute Gasteiger partial charge is 0.118 e.